The van der Waals surface area contributed by atoms with Gasteiger partial charge in [0.1, 0.15) is 11.1 Å². The number of nitrogens with zero attached hydrogens (tertiary/aromatic N) is 5. The van der Waals surface area contributed by atoms with Gasteiger partial charge in [-0.25, -0.2) is 18.7 Å². The number of benzene rings is 1. The molecule has 32 heavy (non-hydrogen) atoms. The van der Waals surface area contributed by atoms with Crippen LogP contribution in [0.5, 0.6) is 0 Å². The summed E-state index contributed by atoms with van der Waals surface area (Å²) in [5.41, 5.74) is 1.21. The van der Waals surface area contributed by atoms with Crippen LogP contribution in [0.15, 0.2) is 24.3 Å². The van der Waals surface area contributed by atoms with Gasteiger partial charge >= 0.3 is 0 Å². The van der Waals surface area contributed by atoms with E-state index in [9.17, 15) is 13.6 Å². The number of ether oxygens (including phenoxy) is 1. The van der Waals surface area contributed by atoms with Gasteiger partial charge in [-0.1, -0.05) is 6.07 Å². The number of carbonyl (C=O) groups is 1. The van der Waals surface area contributed by atoms with E-state index in [0.717, 1.165) is 16.6 Å². The van der Waals surface area contributed by atoms with Gasteiger partial charge in [0.05, 0.1) is 28.6 Å². The van der Waals surface area contributed by atoms with Gasteiger partial charge in [-0.05, 0) is 32.0 Å². The summed E-state index contributed by atoms with van der Waals surface area (Å²) in [5, 5.41) is 10.2. The molecule has 0 fully saturated rings. The number of pyridine rings is 1. The molecule has 1 aromatic carbocycles. The van der Waals surface area contributed by atoms with Crippen molar-refractivity contribution >= 4 is 28.3 Å². The summed E-state index contributed by atoms with van der Waals surface area (Å²) >= 11 is 1.37. The predicted molar refractivity (Wildman–Crippen MR) is 116 cm³/mol. The van der Waals surface area contributed by atoms with E-state index in [-0.39, 0.29) is 34.8 Å². The largest absolute Gasteiger partial charge is 0.362 e. The molecule has 1 amide bonds. The first kappa shape index (κ1) is 21.9. The van der Waals surface area contributed by atoms with Gasteiger partial charge in [-0.15, -0.1) is 11.3 Å². The number of rotatable bonds is 6. The van der Waals surface area contributed by atoms with Gasteiger partial charge < -0.3 is 9.64 Å². The van der Waals surface area contributed by atoms with Gasteiger partial charge in [0, 0.05) is 19.7 Å². The van der Waals surface area contributed by atoms with Crippen molar-refractivity contribution in [1.29, 1.82) is 0 Å². The molecular weight excluding hydrogens is 438 g/mol. The molecule has 4 aromatic rings. The Labute approximate surface area is 186 Å². The molecule has 11 heteroatoms. The summed E-state index contributed by atoms with van der Waals surface area (Å²) in [5.74, 6) is -1.52. The molecule has 0 spiro atoms. The first-order chi connectivity index (χ1) is 15.3. The molecule has 0 aliphatic carbocycles. The Balaban J connectivity index is 1.62. The Bertz CT molecular complexity index is 1300. The third kappa shape index (κ3) is 4.08. The molecule has 3 heterocycles. The highest BCUT2D eigenvalue weighted by atomic mass is 32.1. The maximum Gasteiger partial charge on any atom is 0.250 e. The van der Waals surface area contributed by atoms with Crippen molar-refractivity contribution in [3.8, 4) is 21.8 Å². The Hall–Kier alpha value is -3.31. The van der Waals surface area contributed by atoms with Crippen molar-refractivity contribution in [3.63, 3.8) is 0 Å². The minimum atomic E-state index is -0.700. The van der Waals surface area contributed by atoms with E-state index in [0.29, 0.717) is 10.7 Å². The number of carbonyl (C=O) groups excluding carboxylic acids is 1. The molecular formula is C21H20F2N6O2S. The molecule has 0 radical (unpaired) electrons. The number of likely N-dealkylation sites (N-methyl/N-ethyl adjacent to an activating group) is 1. The minimum absolute atomic E-state index is 0.00695. The van der Waals surface area contributed by atoms with Crippen molar-refractivity contribution in [2.24, 2.45) is 0 Å². The lowest BCUT2D eigenvalue weighted by atomic mass is 10.1. The maximum absolute atomic E-state index is 14.9. The van der Waals surface area contributed by atoms with E-state index in [4.69, 9.17) is 4.74 Å². The molecule has 8 nitrogen and oxygen atoms in total. The number of hydrogen-bond acceptors (Lipinski definition) is 7. The molecule has 3 aromatic heterocycles. The maximum atomic E-state index is 14.9. The van der Waals surface area contributed by atoms with Crippen molar-refractivity contribution in [3.05, 3.63) is 46.6 Å². The van der Waals surface area contributed by atoms with Crippen molar-refractivity contribution in [1.82, 2.24) is 30.3 Å². The first-order valence-corrected chi connectivity index (χ1v) is 10.5. The van der Waals surface area contributed by atoms with Crippen LogP contribution in [0.1, 0.15) is 17.6 Å². The number of nitrogens with one attached hydrogen (secondary N) is 1. The van der Waals surface area contributed by atoms with Crippen LogP contribution in [0.25, 0.3) is 32.9 Å². The van der Waals surface area contributed by atoms with Crippen LogP contribution in [0.2, 0.25) is 0 Å². The Morgan fingerprint density at radius 1 is 1.19 bits per heavy atom. The summed E-state index contributed by atoms with van der Waals surface area (Å²) in [6, 6.07) is 6.15. The lowest BCUT2D eigenvalue weighted by molar-refractivity contribution is -0.140. The van der Waals surface area contributed by atoms with Crippen LogP contribution in [-0.2, 0) is 16.1 Å². The van der Waals surface area contributed by atoms with Crippen LogP contribution in [0, 0.1) is 18.6 Å². The molecule has 1 N–H and O–H groups in total. The molecule has 166 valence electrons. The highest BCUT2D eigenvalue weighted by Crippen LogP contribution is 2.33. The summed E-state index contributed by atoms with van der Waals surface area (Å²) in [6.07, 6.45) is -0.594. The smallest absolute Gasteiger partial charge is 0.250 e. The first-order valence-electron chi connectivity index (χ1n) is 9.71. The zero-order valence-corrected chi connectivity index (χ0v) is 18.6. The van der Waals surface area contributed by atoms with E-state index < -0.39 is 17.7 Å². The van der Waals surface area contributed by atoms with E-state index in [1.54, 1.807) is 39.2 Å². The number of aromatic amines is 1. The highest BCUT2D eigenvalue weighted by molar-refractivity contribution is 7.15. The lowest BCUT2D eigenvalue weighted by Gasteiger charge is -2.16. The molecule has 0 aliphatic heterocycles. The van der Waals surface area contributed by atoms with Gasteiger partial charge in [-0.3, -0.25) is 4.79 Å². The second kappa shape index (κ2) is 8.67. The molecule has 1 unspecified atom stereocenters. The Morgan fingerprint density at radius 3 is 2.66 bits per heavy atom. The molecule has 4 rings (SSSR count). The fourth-order valence-electron chi connectivity index (χ4n) is 3.22. The van der Waals surface area contributed by atoms with Crippen LogP contribution in [-0.4, -0.2) is 56.4 Å². The number of aromatic nitrogens is 5. The van der Waals surface area contributed by atoms with Crippen LogP contribution >= 0.6 is 11.3 Å². The van der Waals surface area contributed by atoms with Gasteiger partial charge in [0.2, 0.25) is 0 Å². The van der Waals surface area contributed by atoms with E-state index in [1.165, 1.54) is 16.2 Å². The average Bonchev–Trinajstić information content (AvgIpc) is 3.41. The van der Waals surface area contributed by atoms with Crippen LogP contribution < -0.4 is 0 Å². The average molecular weight is 458 g/mol. The van der Waals surface area contributed by atoms with E-state index >= 15 is 0 Å². The minimum Gasteiger partial charge on any atom is -0.362 e. The third-order valence-electron chi connectivity index (χ3n) is 4.83. The fraction of sp³-hybridized carbons (Fsp3) is 0.286. The predicted octanol–water partition coefficient (Wildman–Crippen LogP) is 3.72. The number of amides is 1. The SMILES string of the molecule is Cc1nc(COC(C)C(=O)N(C)C)sc1-c1cccc(-c2cc(F)c3n[nH]nc3c2F)n1. The number of H-pyrrole nitrogens is 1. The topological polar surface area (TPSA) is 96.9 Å². The second-order valence-electron chi connectivity index (χ2n) is 7.36. The summed E-state index contributed by atoms with van der Waals surface area (Å²) < 4.78 is 34.9. The Morgan fingerprint density at radius 2 is 1.91 bits per heavy atom. The monoisotopic (exact) mass is 458 g/mol. The molecule has 0 aliphatic rings. The van der Waals surface area contributed by atoms with Crippen molar-refractivity contribution in [2.45, 2.75) is 26.6 Å². The van der Waals surface area contributed by atoms with Gasteiger partial charge in [0.15, 0.2) is 22.7 Å². The Kier molecular flexibility index (Phi) is 5.94. The standard InChI is InChI=1S/C21H20F2N6O2S/c1-10-20(32-16(24-10)9-31-11(2)21(30)29(3)4)15-7-5-6-14(25-15)12-8-13(22)18-19(17(12)23)27-28-26-18/h5-8,11H,9H2,1-4H3,(H,26,27,28). The molecule has 1 atom stereocenters. The normalized spacial score (nSPS) is 12.3. The number of hydrogen-bond donors (Lipinski definition) is 1. The summed E-state index contributed by atoms with van der Waals surface area (Å²) in [7, 11) is 3.34. The van der Waals surface area contributed by atoms with E-state index in [1.807, 2.05) is 6.92 Å². The zero-order chi connectivity index (χ0) is 23.0. The van der Waals surface area contributed by atoms with Gasteiger partial charge in [0.25, 0.3) is 5.91 Å². The van der Waals surface area contributed by atoms with Crippen LogP contribution in [0.4, 0.5) is 8.78 Å². The number of halogens is 2. The number of thiazole rings is 1. The zero-order valence-electron chi connectivity index (χ0n) is 17.8. The van der Waals surface area contributed by atoms with Gasteiger partial charge in [-0.2, -0.15) is 15.4 Å². The summed E-state index contributed by atoms with van der Waals surface area (Å²) in [4.78, 5) is 23.2. The summed E-state index contributed by atoms with van der Waals surface area (Å²) in [6.45, 7) is 3.70. The quantitative estimate of drug-likeness (QED) is 0.473. The molecule has 0 saturated carbocycles. The molecule has 0 bridgehead atoms. The van der Waals surface area contributed by atoms with E-state index in [2.05, 4.69) is 25.4 Å². The fourth-order valence-corrected chi connectivity index (χ4v) is 4.17. The van der Waals surface area contributed by atoms with Crippen molar-refractivity contribution < 1.29 is 18.3 Å². The number of aryl methyl sites for hydroxylation is 1. The van der Waals surface area contributed by atoms with Crippen molar-refractivity contribution in [2.75, 3.05) is 14.1 Å². The lowest BCUT2D eigenvalue weighted by Crippen LogP contribution is -2.33. The van der Waals surface area contributed by atoms with Crippen LogP contribution in [0.3, 0.4) is 0 Å². The third-order valence-corrected chi connectivity index (χ3v) is 5.99. The molecule has 0 saturated heterocycles. The second-order valence-corrected chi connectivity index (χ2v) is 8.44. The highest BCUT2D eigenvalue weighted by Gasteiger charge is 2.20. The number of fused-ring (bicyclic) bond motifs is 1.